The number of anilines is 1. The van der Waals surface area contributed by atoms with Crippen LogP contribution in [-0.4, -0.2) is 60.5 Å². The number of amides is 3. The van der Waals surface area contributed by atoms with Gasteiger partial charge in [-0.3, -0.25) is 9.59 Å². The van der Waals surface area contributed by atoms with Crippen LogP contribution in [0.2, 0.25) is 5.02 Å². The number of para-hydroxylation sites is 1. The second-order valence-corrected chi connectivity index (χ2v) is 6.90. The van der Waals surface area contributed by atoms with E-state index in [0.717, 1.165) is 0 Å². The number of ether oxygens (including phenoxy) is 1. The van der Waals surface area contributed by atoms with Crippen LogP contribution in [0.25, 0.3) is 0 Å². The smallest absolute Gasteiger partial charge is 0.409 e. The van der Waals surface area contributed by atoms with Gasteiger partial charge in [-0.05, 0) is 31.9 Å². The van der Waals surface area contributed by atoms with Crippen LogP contribution >= 0.6 is 11.6 Å². The molecule has 3 rings (SSSR count). The fraction of sp³-hybridized carbons (Fsp3) is 0.500. The highest BCUT2D eigenvalue weighted by molar-refractivity contribution is 6.34. The van der Waals surface area contributed by atoms with E-state index in [2.05, 4.69) is 5.32 Å². The molecule has 8 heteroatoms. The zero-order valence-electron chi connectivity index (χ0n) is 14.7. The van der Waals surface area contributed by atoms with Crippen LogP contribution in [0, 0.1) is 5.41 Å². The molecule has 0 atom stereocenters. The van der Waals surface area contributed by atoms with Gasteiger partial charge in [0.05, 0.1) is 17.3 Å². The molecule has 1 aromatic rings. The average molecular weight is 380 g/mol. The topological polar surface area (TPSA) is 79.0 Å². The Bertz CT molecular complexity index is 712. The maximum Gasteiger partial charge on any atom is 0.409 e. The third kappa shape index (κ3) is 3.62. The summed E-state index contributed by atoms with van der Waals surface area (Å²) >= 11 is 6.08. The second kappa shape index (κ2) is 7.53. The Hall–Kier alpha value is -2.28. The van der Waals surface area contributed by atoms with Crippen LogP contribution in [0.5, 0.6) is 0 Å². The standard InChI is InChI=1S/C18H22ClN3O4/c1-2-26-17(25)22-11-9-21(10-12-22)16(24)18(7-8-18)15(23)20-14-6-4-3-5-13(14)19/h3-6H,2,7-12H2,1H3,(H,20,23). The van der Waals surface area contributed by atoms with Crippen LogP contribution in [-0.2, 0) is 14.3 Å². The Balaban J connectivity index is 1.60. The van der Waals surface area contributed by atoms with Crippen molar-refractivity contribution in [1.29, 1.82) is 0 Å². The third-order valence-electron chi connectivity index (χ3n) is 4.81. The van der Waals surface area contributed by atoms with Crippen molar-refractivity contribution in [1.82, 2.24) is 9.80 Å². The summed E-state index contributed by atoms with van der Waals surface area (Å²) in [6, 6.07) is 6.95. The lowest BCUT2D eigenvalue weighted by atomic mass is 10.0. The third-order valence-corrected chi connectivity index (χ3v) is 5.14. The molecule has 140 valence electrons. The van der Waals surface area contributed by atoms with Crippen molar-refractivity contribution in [2.75, 3.05) is 38.1 Å². The van der Waals surface area contributed by atoms with Gasteiger partial charge in [0.2, 0.25) is 11.8 Å². The molecule has 1 aliphatic heterocycles. The maximum atomic E-state index is 12.9. The zero-order valence-corrected chi connectivity index (χ0v) is 15.4. The number of piperazine rings is 1. The summed E-state index contributed by atoms with van der Waals surface area (Å²) in [4.78, 5) is 40.6. The summed E-state index contributed by atoms with van der Waals surface area (Å²) in [7, 11) is 0. The minimum Gasteiger partial charge on any atom is -0.450 e. The van der Waals surface area contributed by atoms with Crippen molar-refractivity contribution in [2.24, 2.45) is 5.41 Å². The second-order valence-electron chi connectivity index (χ2n) is 6.49. The number of benzene rings is 1. The molecule has 26 heavy (non-hydrogen) atoms. The van der Waals surface area contributed by atoms with Gasteiger partial charge in [0.15, 0.2) is 0 Å². The molecule has 0 radical (unpaired) electrons. The Morgan fingerprint density at radius 2 is 1.73 bits per heavy atom. The Kier molecular flexibility index (Phi) is 5.36. The highest BCUT2D eigenvalue weighted by Gasteiger charge is 2.58. The Labute approximate surface area is 157 Å². The normalized spacial score (nSPS) is 18.2. The van der Waals surface area contributed by atoms with Crippen LogP contribution in [0.15, 0.2) is 24.3 Å². The number of carbonyl (C=O) groups is 3. The molecule has 1 N–H and O–H groups in total. The lowest BCUT2D eigenvalue weighted by molar-refractivity contribution is -0.143. The van der Waals surface area contributed by atoms with Gasteiger partial charge in [-0.25, -0.2) is 4.79 Å². The van der Waals surface area contributed by atoms with Crippen molar-refractivity contribution in [3.05, 3.63) is 29.3 Å². The van der Waals surface area contributed by atoms with Crippen molar-refractivity contribution in [3.63, 3.8) is 0 Å². The molecule has 1 heterocycles. The molecular formula is C18H22ClN3O4. The molecule has 0 bridgehead atoms. The van der Waals surface area contributed by atoms with Crippen molar-refractivity contribution < 1.29 is 19.1 Å². The fourth-order valence-corrected chi connectivity index (χ4v) is 3.26. The minimum absolute atomic E-state index is 0.175. The van der Waals surface area contributed by atoms with Gasteiger partial charge in [0, 0.05) is 26.2 Å². The van der Waals surface area contributed by atoms with E-state index in [0.29, 0.717) is 56.3 Å². The first kappa shape index (κ1) is 18.5. The van der Waals surface area contributed by atoms with Gasteiger partial charge < -0.3 is 19.9 Å². The number of nitrogens with one attached hydrogen (secondary N) is 1. The number of nitrogens with zero attached hydrogens (tertiary/aromatic N) is 2. The molecule has 3 amide bonds. The number of rotatable bonds is 4. The first-order valence-electron chi connectivity index (χ1n) is 8.75. The lowest BCUT2D eigenvalue weighted by Crippen LogP contribution is -2.53. The highest BCUT2D eigenvalue weighted by atomic mass is 35.5. The van der Waals surface area contributed by atoms with Crippen LogP contribution in [0.3, 0.4) is 0 Å². The van der Waals surface area contributed by atoms with Gasteiger partial charge in [0.1, 0.15) is 5.41 Å². The SMILES string of the molecule is CCOC(=O)N1CCN(C(=O)C2(C(=O)Nc3ccccc3Cl)CC2)CC1. The molecule has 1 saturated heterocycles. The van der Waals surface area contributed by atoms with Crippen LogP contribution in [0.1, 0.15) is 19.8 Å². The van der Waals surface area contributed by atoms with E-state index < -0.39 is 5.41 Å². The molecule has 2 aliphatic rings. The van der Waals surface area contributed by atoms with Crippen molar-refractivity contribution >= 4 is 35.2 Å². The first-order valence-corrected chi connectivity index (χ1v) is 9.13. The van der Waals surface area contributed by atoms with E-state index in [9.17, 15) is 14.4 Å². The zero-order chi connectivity index (χ0) is 18.7. The van der Waals surface area contributed by atoms with Gasteiger partial charge >= 0.3 is 6.09 Å². The molecule has 0 unspecified atom stereocenters. The molecule has 1 aliphatic carbocycles. The molecule has 1 aromatic carbocycles. The first-order chi connectivity index (χ1) is 12.5. The number of carbonyl (C=O) groups excluding carboxylic acids is 3. The molecule has 2 fully saturated rings. The average Bonchev–Trinajstić information content (AvgIpc) is 3.45. The van der Waals surface area contributed by atoms with Crippen LogP contribution < -0.4 is 5.32 Å². The largest absolute Gasteiger partial charge is 0.450 e. The van der Waals surface area contributed by atoms with Gasteiger partial charge in [0.25, 0.3) is 0 Å². The van der Waals surface area contributed by atoms with E-state index in [1.54, 1.807) is 41.0 Å². The quantitative estimate of drug-likeness (QED) is 0.814. The summed E-state index contributed by atoms with van der Waals surface area (Å²) in [5, 5.41) is 3.21. The summed E-state index contributed by atoms with van der Waals surface area (Å²) in [6.07, 6.45) is 0.692. The molecule has 7 nitrogen and oxygen atoms in total. The summed E-state index contributed by atoms with van der Waals surface area (Å²) in [6.45, 7) is 3.70. The van der Waals surface area contributed by atoms with E-state index in [-0.39, 0.29) is 17.9 Å². The number of halogens is 1. The van der Waals surface area contributed by atoms with Gasteiger partial charge in [-0.1, -0.05) is 23.7 Å². The monoisotopic (exact) mass is 379 g/mol. The molecular weight excluding hydrogens is 358 g/mol. The lowest BCUT2D eigenvalue weighted by Gasteiger charge is -2.35. The maximum absolute atomic E-state index is 12.9. The number of hydrogen-bond donors (Lipinski definition) is 1. The summed E-state index contributed by atoms with van der Waals surface area (Å²) in [5.41, 5.74) is -0.504. The predicted molar refractivity (Wildman–Crippen MR) is 96.9 cm³/mol. The fourth-order valence-electron chi connectivity index (χ4n) is 3.08. The van der Waals surface area contributed by atoms with E-state index in [1.807, 2.05) is 0 Å². The van der Waals surface area contributed by atoms with E-state index >= 15 is 0 Å². The van der Waals surface area contributed by atoms with E-state index in [4.69, 9.17) is 16.3 Å². The highest BCUT2D eigenvalue weighted by Crippen LogP contribution is 2.48. The molecule has 0 aromatic heterocycles. The predicted octanol–water partition coefficient (Wildman–Crippen LogP) is 2.36. The minimum atomic E-state index is -1.01. The Morgan fingerprint density at radius 1 is 1.12 bits per heavy atom. The van der Waals surface area contributed by atoms with Crippen molar-refractivity contribution in [2.45, 2.75) is 19.8 Å². The van der Waals surface area contributed by atoms with E-state index in [1.165, 1.54) is 0 Å². The molecule has 0 spiro atoms. The Morgan fingerprint density at radius 3 is 2.31 bits per heavy atom. The summed E-state index contributed by atoms with van der Waals surface area (Å²) < 4.78 is 4.98. The summed E-state index contributed by atoms with van der Waals surface area (Å²) in [5.74, 6) is -0.492. The van der Waals surface area contributed by atoms with Gasteiger partial charge in [-0.15, -0.1) is 0 Å². The van der Waals surface area contributed by atoms with Crippen LogP contribution in [0.4, 0.5) is 10.5 Å². The molecule has 1 saturated carbocycles. The van der Waals surface area contributed by atoms with Gasteiger partial charge in [-0.2, -0.15) is 0 Å². The number of hydrogen-bond acceptors (Lipinski definition) is 4. The van der Waals surface area contributed by atoms with Crippen molar-refractivity contribution in [3.8, 4) is 0 Å².